The minimum atomic E-state index is 0.478. The molecule has 1 unspecified atom stereocenters. The normalized spacial score (nSPS) is 12.8. The summed E-state index contributed by atoms with van der Waals surface area (Å²) in [6, 6.07) is 8.74. The largest absolute Gasteiger partial charge is 0.491 e. The predicted molar refractivity (Wildman–Crippen MR) is 82.8 cm³/mol. The van der Waals surface area contributed by atoms with E-state index in [0.717, 1.165) is 23.2 Å². The summed E-state index contributed by atoms with van der Waals surface area (Å²) >= 11 is 0. The average molecular weight is 276 g/mol. The smallest absolute Gasteiger partial charge is 0.140 e. The van der Waals surface area contributed by atoms with Gasteiger partial charge in [-0.2, -0.15) is 0 Å². The van der Waals surface area contributed by atoms with E-state index < -0.39 is 0 Å². The fraction of sp³-hybridized carbons (Fsp3) is 0.529. The molecule has 0 aromatic heterocycles. The lowest BCUT2D eigenvalue weighted by atomic mass is 10.0. The molecule has 1 atom stereocenters. The molecule has 1 aromatic rings. The van der Waals surface area contributed by atoms with Crippen molar-refractivity contribution < 1.29 is 14.0 Å². The van der Waals surface area contributed by atoms with E-state index in [0.29, 0.717) is 19.3 Å². The van der Waals surface area contributed by atoms with Crippen LogP contribution in [0.3, 0.4) is 0 Å². The molecule has 0 fully saturated rings. The van der Waals surface area contributed by atoms with Crippen LogP contribution in [-0.4, -0.2) is 51.5 Å². The lowest BCUT2D eigenvalue weighted by Gasteiger charge is -2.34. The summed E-state index contributed by atoms with van der Waals surface area (Å²) in [6.07, 6.45) is 6.44. The van der Waals surface area contributed by atoms with Gasteiger partial charge >= 0.3 is 0 Å². The third-order valence-corrected chi connectivity index (χ3v) is 3.70. The van der Waals surface area contributed by atoms with Crippen molar-refractivity contribution in [2.75, 3.05) is 41.0 Å². The standard InChI is InChI=1S/C17H26NO2/c1-6-11-18(3,4)15(2)14-16-7-9-17(10-8-16)20-13-12-19-5/h1,7-10,15H,11-14H2,2-5H3/q+1. The number of nitrogens with zero attached hydrogens (tertiary/aromatic N) is 1. The maximum atomic E-state index is 5.56. The highest BCUT2D eigenvalue weighted by Crippen LogP contribution is 2.16. The highest BCUT2D eigenvalue weighted by atomic mass is 16.5. The summed E-state index contributed by atoms with van der Waals surface area (Å²) in [6.45, 7) is 4.18. The van der Waals surface area contributed by atoms with Crippen LogP contribution in [0.15, 0.2) is 24.3 Å². The minimum Gasteiger partial charge on any atom is -0.491 e. The Bertz CT molecular complexity index is 431. The third-order valence-electron chi connectivity index (χ3n) is 3.70. The zero-order valence-corrected chi connectivity index (χ0v) is 13.1. The predicted octanol–water partition coefficient (Wildman–Crippen LogP) is 2.35. The Morgan fingerprint density at radius 3 is 2.40 bits per heavy atom. The van der Waals surface area contributed by atoms with Gasteiger partial charge in [-0.3, -0.25) is 0 Å². The highest BCUT2D eigenvalue weighted by Gasteiger charge is 2.22. The minimum absolute atomic E-state index is 0.478. The van der Waals surface area contributed by atoms with Crippen molar-refractivity contribution in [3.8, 4) is 18.1 Å². The summed E-state index contributed by atoms with van der Waals surface area (Å²) in [4.78, 5) is 0. The monoisotopic (exact) mass is 276 g/mol. The van der Waals surface area contributed by atoms with Crippen LogP contribution in [0.4, 0.5) is 0 Å². The molecule has 0 radical (unpaired) electrons. The van der Waals surface area contributed by atoms with E-state index in [-0.39, 0.29) is 0 Å². The molecule has 1 aromatic carbocycles. The molecule has 0 N–H and O–H groups in total. The topological polar surface area (TPSA) is 18.5 Å². The molecular formula is C17H26NO2+. The first kappa shape index (κ1) is 16.6. The lowest BCUT2D eigenvalue weighted by molar-refractivity contribution is -0.906. The molecule has 0 aliphatic heterocycles. The van der Waals surface area contributed by atoms with E-state index >= 15 is 0 Å². The van der Waals surface area contributed by atoms with Gasteiger partial charge in [-0.05, 0) is 30.5 Å². The Kier molecular flexibility index (Phi) is 6.57. The van der Waals surface area contributed by atoms with Crippen LogP contribution in [0.25, 0.3) is 0 Å². The lowest BCUT2D eigenvalue weighted by Crippen LogP contribution is -2.48. The van der Waals surface area contributed by atoms with Gasteiger partial charge in [0, 0.05) is 13.5 Å². The van der Waals surface area contributed by atoms with Gasteiger partial charge in [0.25, 0.3) is 0 Å². The first-order chi connectivity index (χ1) is 9.49. The fourth-order valence-electron chi connectivity index (χ4n) is 1.94. The summed E-state index contributed by atoms with van der Waals surface area (Å²) in [5.74, 6) is 3.64. The molecule has 0 amide bonds. The van der Waals surface area contributed by atoms with Gasteiger partial charge in [0.15, 0.2) is 0 Å². The van der Waals surface area contributed by atoms with Gasteiger partial charge in [0.05, 0.1) is 26.7 Å². The van der Waals surface area contributed by atoms with Crippen molar-refractivity contribution in [2.24, 2.45) is 0 Å². The zero-order valence-electron chi connectivity index (χ0n) is 13.1. The van der Waals surface area contributed by atoms with Crippen molar-refractivity contribution in [1.82, 2.24) is 0 Å². The second kappa shape index (κ2) is 7.94. The van der Waals surface area contributed by atoms with Crippen LogP contribution in [-0.2, 0) is 11.2 Å². The van der Waals surface area contributed by atoms with Gasteiger partial charge in [0.1, 0.15) is 18.9 Å². The average Bonchev–Trinajstić information content (AvgIpc) is 2.41. The molecular weight excluding hydrogens is 250 g/mol. The molecule has 0 saturated heterocycles. The molecule has 3 heteroatoms. The van der Waals surface area contributed by atoms with Crippen LogP contribution in [0.2, 0.25) is 0 Å². The van der Waals surface area contributed by atoms with Gasteiger partial charge < -0.3 is 14.0 Å². The number of hydrogen-bond donors (Lipinski definition) is 0. The summed E-state index contributed by atoms with van der Waals surface area (Å²) in [5, 5.41) is 0. The molecule has 110 valence electrons. The fourth-order valence-corrected chi connectivity index (χ4v) is 1.94. The molecule has 20 heavy (non-hydrogen) atoms. The molecule has 0 spiro atoms. The summed E-state index contributed by atoms with van der Waals surface area (Å²) in [5.41, 5.74) is 1.31. The maximum absolute atomic E-state index is 5.56. The van der Waals surface area contributed by atoms with E-state index in [1.54, 1.807) is 7.11 Å². The number of likely N-dealkylation sites (N-methyl/N-ethyl adjacent to an activating group) is 1. The molecule has 1 rings (SSSR count). The van der Waals surface area contributed by atoms with Crippen LogP contribution >= 0.6 is 0 Å². The number of rotatable bonds is 8. The Morgan fingerprint density at radius 2 is 1.85 bits per heavy atom. The van der Waals surface area contributed by atoms with Gasteiger partial charge in [-0.15, -0.1) is 6.42 Å². The number of quaternary nitrogens is 1. The molecule has 0 bridgehead atoms. The summed E-state index contributed by atoms with van der Waals surface area (Å²) in [7, 11) is 6.02. The van der Waals surface area contributed by atoms with Gasteiger partial charge in [0.2, 0.25) is 0 Å². The van der Waals surface area contributed by atoms with Crippen LogP contribution < -0.4 is 4.74 Å². The van der Waals surface area contributed by atoms with Gasteiger partial charge in [-0.1, -0.05) is 12.1 Å². The van der Waals surface area contributed by atoms with E-state index in [1.807, 2.05) is 12.1 Å². The van der Waals surface area contributed by atoms with Crippen LogP contribution in [0.5, 0.6) is 5.75 Å². The van der Waals surface area contributed by atoms with E-state index in [4.69, 9.17) is 15.9 Å². The number of ether oxygens (including phenoxy) is 2. The Balaban J connectivity index is 2.55. The van der Waals surface area contributed by atoms with E-state index in [1.165, 1.54) is 5.56 Å². The molecule has 0 aliphatic rings. The Morgan fingerprint density at radius 1 is 1.20 bits per heavy atom. The van der Waals surface area contributed by atoms with E-state index in [9.17, 15) is 0 Å². The maximum Gasteiger partial charge on any atom is 0.140 e. The molecule has 0 heterocycles. The number of hydrogen-bond acceptors (Lipinski definition) is 2. The summed E-state index contributed by atoms with van der Waals surface area (Å²) < 4.78 is 11.3. The number of benzene rings is 1. The second-order valence-electron chi connectivity index (χ2n) is 5.68. The number of terminal acetylenes is 1. The first-order valence-electron chi connectivity index (χ1n) is 6.96. The third kappa shape index (κ3) is 5.24. The quantitative estimate of drug-likeness (QED) is 0.412. The van der Waals surface area contributed by atoms with Crippen molar-refractivity contribution >= 4 is 0 Å². The van der Waals surface area contributed by atoms with E-state index in [2.05, 4.69) is 39.1 Å². The van der Waals surface area contributed by atoms with Crippen molar-refractivity contribution in [3.63, 3.8) is 0 Å². The zero-order chi connectivity index (χ0) is 15.0. The highest BCUT2D eigenvalue weighted by molar-refractivity contribution is 5.27. The molecule has 3 nitrogen and oxygen atoms in total. The second-order valence-corrected chi connectivity index (χ2v) is 5.68. The van der Waals surface area contributed by atoms with Crippen LogP contribution in [0, 0.1) is 12.3 Å². The first-order valence-corrected chi connectivity index (χ1v) is 6.96. The Labute approximate surface area is 123 Å². The van der Waals surface area contributed by atoms with Crippen molar-refractivity contribution in [2.45, 2.75) is 19.4 Å². The van der Waals surface area contributed by atoms with Crippen molar-refractivity contribution in [3.05, 3.63) is 29.8 Å². The molecule has 0 saturated carbocycles. The van der Waals surface area contributed by atoms with Gasteiger partial charge in [-0.25, -0.2) is 0 Å². The van der Waals surface area contributed by atoms with Crippen LogP contribution in [0.1, 0.15) is 12.5 Å². The number of methoxy groups -OCH3 is 1. The molecule has 0 aliphatic carbocycles. The Hall–Kier alpha value is -1.50. The SMILES string of the molecule is C#CC[N+](C)(C)C(C)Cc1ccc(OCCOC)cc1. The van der Waals surface area contributed by atoms with Crippen molar-refractivity contribution in [1.29, 1.82) is 0 Å².